The molecule has 28 heavy (non-hydrogen) atoms. The molecule has 1 aliphatic rings. The normalized spacial score (nSPS) is 16.6. The fourth-order valence-electron chi connectivity index (χ4n) is 3.44. The van der Waals surface area contributed by atoms with E-state index in [9.17, 15) is 8.42 Å². The Hall–Kier alpha value is -1.60. The summed E-state index contributed by atoms with van der Waals surface area (Å²) in [6.07, 6.45) is 5.79. The van der Waals surface area contributed by atoms with Crippen LogP contribution in [0.3, 0.4) is 0 Å². The SMILES string of the molecule is CSc1ccccc1CN1CCC(CNS(=O)(=O)C=Cc2ccccc2)CC1. The second-order valence-electron chi connectivity index (χ2n) is 7.14. The fourth-order valence-corrected chi connectivity index (χ4v) is 4.95. The fraction of sp³-hybridized carbons (Fsp3) is 0.364. The first-order valence-electron chi connectivity index (χ1n) is 9.63. The molecule has 1 N–H and O–H groups in total. The number of rotatable bonds is 8. The maximum absolute atomic E-state index is 12.2. The van der Waals surface area contributed by atoms with E-state index in [0.717, 1.165) is 38.0 Å². The highest BCUT2D eigenvalue weighted by molar-refractivity contribution is 7.98. The van der Waals surface area contributed by atoms with Crippen LogP contribution in [0.15, 0.2) is 64.9 Å². The predicted octanol–water partition coefficient (Wildman–Crippen LogP) is 4.21. The van der Waals surface area contributed by atoms with Crippen LogP contribution in [-0.2, 0) is 16.6 Å². The number of sulfonamides is 1. The van der Waals surface area contributed by atoms with Gasteiger partial charge in [-0.1, -0.05) is 48.5 Å². The minimum atomic E-state index is -3.40. The van der Waals surface area contributed by atoms with Crippen molar-refractivity contribution >= 4 is 27.9 Å². The lowest BCUT2D eigenvalue weighted by atomic mass is 9.97. The molecule has 150 valence electrons. The highest BCUT2D eigenvalue weighted by atomic mass is 32.2. The number of hydrogen-bond acceptors (Lipinski definition) is 4. The van der Waals surface area contributed by atoms with Crippen LogP contribution >= 0.6 is 11.8 Å². The van der Waals surface area contributed by atoms with Crippen LogP contribution in [0.4, 0.5) is 0 Å². The summed E-state index contributed by atoms with van der Waals surface area (Å²) < 4.78 is 27.2. The van der Waals surface area contributed by atoms with Gasteiger partial charge in [-0.25, -0.2) is 13.1 Å². The van der Waals surface area contributed by atoms with E-state index in [1.165, 1.54) is 15.9 Å². The average molecular weight is 417 g/mol. The number of nitrogens with zero attached hydrogens (tertiary/aromatic N) is 1. The topological polar surface area (TPSA) is 49.4 Å². The minimum Gasteiger partial charge on any atom is -0.299 e. The van der Waals surface area contributed by atoms with Crippen molar-refractivity contribution in [2.75, 3.05) is 25.9 Å². The smallest absolute Gasteiger partial charge is 0.233 e. The Morgan fingerprint density at radius 3 is 2.46 bits per heavy atom. The van der Waals surface area contributed by atoms with Gasteiger partial charge in [-0.15, -0.1) is 11.8 Å². The monoisotopic (exact) mass is 416 g/mol. The van der Waals surface area contributed by atoms with Gasteiger partial charge in [0.05, 0.1) is 0 Å². The highest BCUT2D eigenvalue weighted by Crippen LogP contribution is 2.24. The van der Waals surface area contributed by atoms with Crippen LogP contribution in [0.2, 0.25) is 0 Å². The van der Waals surface area contributed by atoms with E-state index in [1.54, 1.807) is 17.8 Å². The Labute approximate surface area is 173 Å². The number of piperidine rings is 1. The van der Waals surface area contributed by atoms with Crippen molar-refractivity contribution in [1.29, 1.82) is 0 Å². The van der Waals surface area contributed by atoms with Crippen LogP contribution in [0, 0.1) is 5.92 Å². The lowest BCUT2D eigenvalue weighted by Crippen LogP contribution is -2.38. The van der Waals surface area contributed by atoms with Crippen molar-refractivity contribution < 1.29 is 8.42 Å². The summed E-state index contributed by atoms with van der Waals surface area (Å²) in [6, 6.07) is 18.0. The van der Waals surface area contributed by atoms with Crippen molar-refractivity contribution in [3.8, 4) is 0 Å². The molecule has 0 aromatic heterocycles. The zero-order valence-corrected chi connectivity index (χ0v) is 17.9. The third kappa shape index (κ3) is 6.48. The second kappa shape index (κ2) is 10.3. The van der Waals surface area contributed by atoms with Crippen LogP contribution in [0.1, 0.15) is 24.0 Å². The van der Waals surface area contributed by atoms with E-state index < -0.39 is 10.0 Å². The maximum Gasteiger partial charge on any atom is 0.233 e. The van der Waals surface area contributed by atoms with E-state index in [4.69, 9.17) is 0 Å². The Balaban J connectivity index is 1.44. The van der Waals surface area contributed by atoms with E-state index >= 15 is 0 Å². The molecule has 1 saturated heterocycles. The molecule has 0 atom stereocenters. The minimum absolute atomic E-state index is 0.395. The standard InChI is InChI=1S/C22H28N2O2S2/c1-27-22-10-6-5-9-21(22)18-24-14-11-20(12-15-24)17-23-28(25,26)16-13-19-7-3-2-4-8-19/h2-10,13,16,20,23H,11-12,14-15,17-18H2,1H3. The van der Waals surface area contributed by atoms with Gasteiger partial charge in [0.15, 0.2) is 0 Å². The molecule has 0 unspecified atom stereocenters. The van der Waals surface area contributed by atoms with Gasteiger partial charge in [0.25, 0.3) is 0 Å². The molecular formula is C22H28N2O2S2. The van der Waals surface area contributed by atoms with Gasteiger partial charge in [-0.05, 0) is 61.4 Å². The number of benzene rings is 2. The van der Waals surface area contributed by atoms with Gasteiger partial charge in [0.2, 0.25) is 10.0 Å². The Morgan fingerprint density at radius 1 is 1.07 bits per heavy atom. The third-order valence-electron chi connectivity index (χ3n) is 5.11. The summed E-state index contributed by atoms with van der Waals surface area (Å²) in [6.45, 7) is 3.50. The average Bonchev–Trinajstić information content (AvgIpc) is 2.73. The zero-order valence-electron chi connectivity index (χ0n) is 16.3. The third-order valence-corrected chi connectivity index (χ3v) is 7.01. The molecule has 1 aliphatic heterocycles. The number of thioether (sulfide) groups is 1. The van der Waals surface area contributed by atoms with Crippen molar-refractivity contribution in [3.05, 3.63) is 71.1 Å². The molecular weight excluding hydrogens is 388 g/mol. The summed E-state index contributed by atoms with van der Waals surface area (Å²) in [4.78, 5) is 3.80. The molecule has 0 saturated carbocycles. The molecule has 0 aliphatic carbocycles. The summed E-state index contributed by atoms with van der Waals surface area (Å²) in [5, 5.41) is 1.26. The molecule has 1 heterocycles. The van der Waals surface area contributed by atoms with E-state index in [0.29, 0.717) is 12.5 Å². The molecule has 2 aromatic rings. The van der Waals surface area contributed by atoms with Crippen LogP contribution in [-0.4, -0.2) is 39.2 Å². The van der Waals surface area contributed by atoms with Crippen molar-refractivity contribution in [2.24, 2.45) is 5.92 Å². The molecule has 2 aromatic carbocycles. The first kappa shape index (κ1) is 21.1. The molecule has 0 bridgehead atoms. The number of nitrogens with one attached hydrogen (secondary N) is 1. The number of likely N-dealkylation sites (tertiary alicyclic amines) is 1. The van der Waals surface area contributed by atoms with Crippen LogP contribution in [0.5, 0.6) is 0 Å². The molecule has 0 radical (unpaired) electrons. The van der Waals surface area contributed by atoms with Crippen molar-refractivity contribution in [3.63, 3.8) is 0 Å². The van der Waals surface area contributed by atoms with Gasteiger partial charge >= 0.3 is 0 Å². The lowest BCUT2D eigenvalue weighted by Gasteiger charge is -2.32. The van der Waals surface area contributed by atoms with Crippen LogP contribution in [0.25, 0.3) is 6.08 Å². The molecule has 4 nitrogen and oxygen atoms in total. The largest absolute Gasteiger partial charge is 0.299 e. The second-order valence-corrected chi connectivity index (χ2v) is 9.64. The highest BCUT2D eigenvalue weighted by Gasteiger charge is 2.21. The number of hydrogen-bond donors (Lipinski definition) is 1. The predicted molar refractivity (Wildman–Crippen MR) is 119 cm³/mol. The van der Waals surface area contributed by atoms with E-state index in [-0.39, 0.29) is 0 Å². The van der Waals surface area contributed by atoms with Gasteiger partial charge in [0.1, 0.15) is 0 Å². The van der Waals surface area contributed by atoms with E-state index in [2.05, 4.69) is 40.1 Å². The summed E-state index contributed by atoms with van der Waals surface area (Å²) in [7, 11) is -3.40. The van der Waals surface area contributed by atoms with Gasteiger partial charge in [-0.3, -0.25) is 4.90 Å². The Morgan fingerprint density at radius 2 is 1.75 bits per heavy atom. The van der Waals surface area contributed by atoms with E-state index in [1.807, 2.05) is 30.3 Å². The molecule has 3 rings (SSSR count). The Bertz CT molecular complexity index is 874. The first-order valence-corrected chi connectivity index (χ1v) is 12.4. The van der Waals surface area contributed by atoms with Gasteiger partial charge in [-0.2, -0.15) is 0 Å². The maximum atomic E-state index is 12.2. The summed E-state index contributed by atoms with van der Waals surface area (Å²) in [5.74, 6) is 0.395. The molecule has 0 amide bonds. The van der Waals surface area contributed by atoms with Crippen molar-refractivity contribution in [1.82, 2.24) is 9.62 Å². The zero-order chi connectivity index (χ0) is 19.8. The molecule has 6 heteroatoms. The lowest BCUT2D eigenvalue weighted by molar-refractivity contribution is 0.177. The Kier molecular flexibility index (Phi) is 7.73. The molecule has 0 spiro atoms. The first-order chi connectivity index (χ1) is 13.6. The van der Waals surface area contributed by atoms with Crippen molar-refractivity contribution in [2.45, 2.75) is 24.3 Å². The van der Waals surface area contributed by atoms with Gasteiger partial charge < -0.3 is 0 Å². The summed E-state index contributed by atoms with van der Waals surface area (Å²) >= 11 is 1.79. The molecule has 1 fully saturated rings. The quantitative estimate of drug-likeness (QED) is 0.655. The van der Waals surface area contributed by atoms with Crippen LogP contribution < -0.4 is 4.72 Å². The van der Waals surface area contributed by atoms with Gasteiger partial charge in [0, 0.05) is 23.4 Å². The summed E-state index contributed by atoms with van der Waals surface area (Å²) in [5.41, 5.74) is 2.26.